The van der Waals surface area contributed by atoms with E-state index in [1.807, 2.05) is 22.6 Å². The molecule has 0 saturated heterocycles. The molecule has 7 heteroatoms. The summed E-state index contributed by atoms with van der Waals surface area (Å²) < 4.78 is 53.1. The Bertz CT molecular complexity index is 868. The minimum atomic E-state index is -4.38. The van der Waals surface area contributed by atoms with Crippen LogP contribution in [0.2, 0.25) is 0 Å². The zero-order chi connectivity index (χ0) is 16.8. The third kappa shape index (κ3) is 3.15. The number of rotatable bonds is 2. The van der Waals surface area contributed by atoms with Gasteiger partial charge in [-0.05, 0) is 52.4 Å². The monoisotopic (exact) mass is 435 g/mol. The molecular formula is C16H10F4INO. The van der Waals surface area contributed by atoms with Crippen LogP contribution in [0.3, 0.4) is 0 Å². The molecule has 3 aromatic rings. The number of aromatic hydroxyl groups is 1. The highest BCUT2D eigenvalue weighted by Gasteiger charge is 2.29. The van der Waals surface area contributed by atoms with Crippen LogP contribution in [-0.4, -0.2) is 9.67 Å². The second-order valence-corrected chi connectivity index (χ2v) is 6.29. The van der Waals surface area contributed by atoms with Gasteiger partial charge in [0.2, 0.25) is 0 Å². The maximum atomic E-state index is 13.4. The van der Waals surface area contributed by atoms with Crippen molar-refractivity contribution in [2.24, 2.45) is 0 Å². The van der Waals surface area contributed by atoms with Crippen LogP contribution in [0.25, 0.3) is 10.8 Å². The van der Waals surface area contributed by atoms with Crippen LogP contribution in [0.4, 0.5) is 17.6 Å². The van der Waals surface area contributed by atoms with Crippen LogP contribution >= 0.6 is 22.6 Å². The first kappa shape index (κ1) is 16.1. The summed E-state index contributed by atoms with van der Waals surface area (Å²) in [5, 5.41) is 11.3. The first-order chi connectivity index (χ1) is 10.8. The van der Waals surface area contributed by atoms with Crippen molar-refractivity contribution in [1.82, 2.24) is 4.57 Å². The second kappa shape index (κ2) is 5.70. The number of nitrogens with zero attached hydrogens (tertiary/aromatic N) is 1. The number of hydrogen-bond acceptors (Lipinski definition) is 1. The van der Waals surface area contributed by atoms with Crippen LogP contribution < -0.4 is 0 Å². The van der Waals surface area contributed by atoms with Crippen molar-refractivity contribution in [2.45, 2.75) is 12.7 Å². The summed E-state index contributed by atoms with van der Waals surface area (Å²) in [6, 6.07) is 7.33. The van der Waals surface area contributed by atoms with E-state index in [1.54, 1.807) is 6.20 Å². The Labute approximate surface area is 142 Å². The van der Waals surface area contributed by atoms with Gasteiger partial charge in [-0.3, -0.25) is 0 Å². The van der Waals surface area contributed by atoms with Gasteiger partial charge < -0.3 is 9.67 Å². The first-order valence-electron chi connectivity index (χ1n) is 6.58. The van der Waals surface area contributed by atoms with Gasteiger partial charge in [-0.25, -0.2) is 4.39 Å². The topological polar surface area (TPSA) is 25.2 Å². The number of benzene rings is 2. The van der Waals surface area contributed by atoms with E-state index in [1.165, 1.54) is 28.8 Å². The van der Waals surface area contributed by atoms with Crippen LogP contribution in [-0.2, 0) is 12.7 Å². The average molecular weight is 435 g/mol. The fraction of sp³-hybridized carbons (Fsp3) is 0.125. The first-order valence-corrected chi connectivity index (χ1v) is 7.66. The third-order valence-corrected chi connectivity index (χ3v) is 4.36. The maximum absolute atomic E-state index is 13.4. The van der Waals surface area contributed by atoms with E-state index in [-0.39, 0.29) is 12.4 Å². The summed E-state index contributed by atoms with van der Waals surface area (Å²) >= 11 is 1.93. The smallest absolute Gasteiger partial charge is 0.416 e. The van der Waals surface area contributed by atoms with Crippen molar-refractivity contribution in [3.8, 4) is 5.88 Å². The molecule has 2 nitrogen and oxygen atoms in total. The van der Waals surface area contributed by atoms with Crippen LogP contribution in [0, 0.1) is 9.39 Å². The Morgan fingerprint density at radius 2 is 1.74 bits per heavy atom. The number of fused-ring (bicyclic) bond motifs is 1. The average Bonchev–Trinajstić information content (AvgIpc) is 2.74. The molecule has 0 radical (unpaired) electrons. The molecule has 3 rings (SSSR count). The van der Waals surface area contributed by atoms with Gasteiger partial charge in [0.1, 0.15) is 5.82 Å². The van der Waals surface area contributed by atoms with Crippen LogP contribution in [0.15, 0.2) is 42.6 Å². The fourth-order valence-corrected chi connectivity index (χ4v) is 3.27. The molecule has 1 heterocycles. The van der Waals surface area contributed by atoms with E-state index in [4.69, 9.17) is 0 Å². The van der Waals surface area contributed by atoms with E-state index in [2.05, 4.69) is 0 Å². The Hall–Kier alpha value is -1.77. The third-order valence-electron chi connectivity index (χ3n) is 3.51. The van der Waals surface area contributed by atoms with E-state index >= 15 is 0 Å². The molecule has 0 aliphatic rings. The number of hydrogen-bond donors (Lipinski definition) is 1. The number of alkyl halides is 3. The Morgan fingerprint density at radius 3 is 2.35 bits per heavy atom. The lowest BCUT2D eigenvalue weighted by atomic mass is 10.1. The molecule has 0 aliphatic carbocycles. The summed E-state index contributed by atoms with van der Waals surface area (Å²) in [4.78, 5) is 0. The molecular weight excluding hydrogens is 425 g/mol. The van der Waals surface area contributed by atoms with Gasteiger partial charge in [-0.1, -0.05) is 12.1 Å². The van der Waals surface area contributed by atoms with Gasteiger partial charge >= 0.3 is 6.18 Å². The lowest BCUT2D eigenvalue weighted by Crippen LogP contribution is -2.05. The van der Waals surface area contributed by atoms with E-state index in [0.29, 0.717) is 19.9 Å². The van der Waals surface area contributed by atoms with Crippen molar-refractivity contribution in [3.63, 3.8) is 0 Å². The molecule has 0 fully saturated rings. The Kier molecular flexibility index (Phi) is 3.99. The van der Waals surface area contributed by atoms with Crippen molar-refractivity contribution < 1.29 is 22.7 Å². The predicted molar refractivity (Wildman–Crippen MR) is 86.8 cm³/mol. The molecule has 1 N–H and O–H groups in total. The normalized spacial score (nSPS) is 12.0. The summed E-state index contributed by atoms with van der Waals surface area (Å²) in [6.45, 7) is 0.191. The molecule has 0 bridgehead atoms. The SMILES string of the molecule is Oc1c2c(I)cc(F)cc2cn1Cc1ccc(C(F)(F)F)cc1. The molecule has 0 saturated carbocycles. The van der Waals surface area contributed by atoms with E-state index in [0.717, 1.165) is 12.1 Å². The largest absolute Gasteiger partial charge is 0.494 e. The molecule has 120 valence electrons. The second-order valence-electron chi connectivity index (χ2n) is 5.13. The quantitative estimate of drug-likeness (QED) is 0.437. The highest BCUT2D eigenvalue weighted by Crippen LogP contribution is 2.33. The van der Waals surface area contributed by atoms with Gasteiger partial charge in [-0.2, -0.15) is 13.2 Å². The van der Waals surface area contributed by atoms with Gasteiger partial charge in [-0.15, -0.1) is 0 Å². The standard InChI is InChI=1S/C16H10F4INO/c17-12-5-10-8-22(15(23)14(10)13(21)6-12)7-9-1-3-11(4-2-9)16(18,19)20/h1-6,8,23H,7H2. The van der Waals surface area contributed by atoms with Crippen molar-refractivity contribution >= 4 is 33.4 Å². The molecule has 0 aliphatic heterocycles. The molecule has 0 spiro atoms. The fourth-order valence-electron chi connectivity index (χ4n) is 2.42. The highest BCUT2D eigenvalue weighted by molar-refractivity contribution is 14.1. The highest BCUT2D eigenvalue weighted by atomic mass is 127. The van der Waals surface area contributed by atoms with Crippen LogP contribution in [0.5, 0.6) is 5.88 Å². The summed E-state index contributed by atoms with van der Waals surface area (Å²) in [6.07, 6.45) is -2.80. The molecule has 0 amide bonds. The van der Waals surface area contributed by atoms with Crippen LogP contribution in [0.1, 0.15) is 11.1 Å². The van der Waals surface area contributed by atoms with Gasteiger partial charge in [0.05, 0.1) is 17.5 Å². The predicted octanol–water partition coefficient (Wildman–Crippen LogP) is 5.16. The lowest BCUT2D eigenvalue weighted by molar-refractivity contribution is -0.137. The van der Waals surface area contributed by atoms with Gasteiger partial charge in [0.15, 0.2) is 5.88 Å². The minimum absolute atomic E-state index is 0.0377. The summed E-state index contributed by atoms with van der Waals surface area (Å²) in [7, 11) is 0. The molecule has 0 unspecified atom stereocenters. The van der Waals surface area contributed by atoms with E-state index < -0.39 is 17.6 Å². The zero-order valence-electron chi connectivity index (χ0n) is 11.5. The summed E-state index contributed by atoms with van der Waals surface area (Å²) in [5.41, 5.74) is -0.121. The van der Waals surface area contributed by atoms with E-state index in [9.17, 15) is 22.7 Å². The van der Waals surface area contributed by atoms with Crippen molar-refractivity contribution in [1.29, 1.82) is 0 Å². The molecule has 23 heavy (non-hydrogen) atoms. The zero-order valence-corrected chi connectivity index (χ0v) is 13.7. The number of aromatic nitrogens is 1. The lowest BCUT2D eigenvalue weighted by Gasteiger charge is -2.09. The maximum Gasteiger partial charge on any atom is 0.416 e. The Morgan fingerprint density at radius 1 is 1.09 bits per heavy atom. The Balaban J connectivity index is 1.96. The van der Waals surface area contributed by atoms with Crippen molar-refractivity contribution in [2.75, 3.05) is 0 Å². The minimum Gasteiger partial charge on any atom is -0.494 e. The number of halogens is 5. The molecule has 1 aromatic heterocycles. The molecule has 0 atom stereocenters. The van der Waals surface area contributed by atoms with Gasteiger partial charge in [0.25, 0.3) is 0 Å². The molecule has 2 aromatic carbocycles. The van der Waals surface area contributed by atoms with Gasteiger partial charge in [0, 0.05) is 15.2 Å². The van der Waals surface area contributed by atoms with Crippen molar-refractivity contribution in [3.05, 3.63) is 63.1 Å². The summed E-state index contributed by atoms with van der Waals surface area (Å²) in [5.74, 6) is -0.446.